The summed E-state index contributed by atoms with van der Waals surface area (Å²) in [5.74, 6) is -1.66. The van der Waals surface area contributed by atoms with Crippen molar-refractivity contribution < 1.29 is 28.2 Å². The molecule has 180 valence electrons. The largest absolute Gasteiger partial charge is 0.504 e. The quantitative estimate of drug-likeness (QED) is 0.311. The summed E-state index contributed by atoms with van der Waals surface area (Å²) >= 11 is 5.95. The van der Waals surface area contributed by atoms with Gasteiger partial charge in [0.25, 0.3) is 5.91 Å². The predicted molar refractivity (Wildman–Crippen MR) is 128 cm³/mol. The number of aromatic hydroxyl groups is 1. The minimum Gasteiger partial charge on any atom is -0.504 e. The van der Waals surface area contributed by atoms with Gasteiger partial charge < -0.3 is 26.0 Å². The number of carbonyl (C=O) groups is 1. The van der Waals surface area contributed by atoms with Gasteiger partial charge in [0.1, 0.15) is 0 Å². The lowest BCUT2D eigenvalue weighted by molar-refractivity contribution is 0.0997. The first-order valence-corrected chi connectivity index (χ1v) is 12.2. The van der Waals surface area contributed by atoms with Crippen LogP contribution in [-0.2, 0) is 16.3 Å². The monoisotopic (exact) mass is 504 g/mol. The Hall–Kier alpha value is -3.11. The maximum atomic E-state index is 13.1. The molecule has 3 rings (SSSR count). The number of carbonyl (C=O) groups excluding carboxylic acids is 1. The molecule has 0 bridgehead atoms. The van der Waals surface area contributed by atoms with Gasteiger partial charge >= 0.3 is 0 Å². The van der Waals surface area contributed by atoms with Crippen LogP contribution in [0.5, 0.6) is 11.5 Å². The van der Waals surface area contributed by atoms with Gasteiger partial charge in [-0.15, -0.1) is 0 Å². The lowest BCUT2D eigenvalue weighted by atomic mass is 10.1. The van der Waals surface area contributed by atoms with E-state index < -0.39 is 27.6 Å². The van der Waals surface area contributed by atoms with Crippen LogP contribution in [0.15, 0.2) is 70.5 Å². The number of aliphatic hydroxyl groups excluding tert-OH is 1. The lowest BCUT2D eigenvalue weighted by Crippen LogP contribution is -2.23. The molecule has 1 atom stereocenters. The number of nitrogens with two attached hydrogens (primary N) is 1. The van der Waals surface area contributed by atoms with Crippen molar-refractivity contribution in [2.45, 2.75) is 22.3 Å². The first kappa shape index (κ1) is 25.5. The summed E-state index contributed by atoms with van der Waals surface area (Å²) in [5, 5.41) is 24.0. The standard InChI is InChI=1S/C24H25ClN2O6S/c1-33-22-13-19(12-20(23(22)29)24(26)30)34(31,32)18-7-5-15(6-8-18)9-10-27-14-21(28)16-3-2-4-17(25)11-16/h2-8,11-13,21,27-29H,9-10,14H2,1H3,(H2,26,30)/t21-/m1/s1. The van der Waals surface area contributed by atoms with Gasteiger partial charge in [0, 0.05) is 17.6 Å². The van der Waals surface area contributed by atoms with E-state index in [4.69, 9.17) is 22.1 Å². The van der Waals surface area contributed by atoms with Gasteiger partial charge in [-0.25, -0.2) is 8.42 Å². The van der Waals surface area contributed by atoms with E-state index in [9.17, 15) is 23.4 Å². The molecule has 0 saturated carbocycles. The summed E-state index contributed by atoms with van der Waals surface area (Å²) in [6, 6.07) is 15.5. The average Bonchev–Trinajstić information content (AvgIpc) is 2.81. The smallest absolute Gasteiger partial charge is 0.252 e. The molecule has 0 aliphatic heterocycles. The highest BCUT2D eigenvalue weighted by Gasteiger charge is 2.23. The van der Waals surface area contributed by atoms with E-state index in [1.807, 2.05) is 0 Å². The van der Waals surface area contributed by atoms with Crippen molar-refractivity contribution in [2.24, 2.45) is 5.73 Å². The lowest BCUT2D eigenvalue weighted by Gasteiger charge is -2.13. The first-order valence-electron chi connectivity index (χ1n) is 10.3. The second kappa shape index (κ2) is 10.9. The van der Waals surface area contributed by atoms with Crippen LogP contribution in [0.3, 0.4) is 0 Å². The molecule has 8 nitrogen and oxygen atoms in total. The summed E-state index contributed by atoms with van der Waals surface area (Å²) in [6.07, 6.45) is -0.0830. The molecule has 10 heteroatoms. The topological polar surface area (TPSA) is 139 Å². The number of methoxy groups -OCH3 is 1. The number of hydrogen-bond acceptors (Lipinski definition) is 7. The molecular weight excluding hydrogens is 480 g/mol. The van der Waals surface area contributed by atoms with Crippen molar-refractivity contribution in [2.75, 3.05) is 20.2 Å². The molecule has 0 aliphatic rings. The Labute approximate surface area is 202 Å². The third-order valence-electron chi connectivity index (χ3n) is 5.24. The van der Waals surface area contributed by atoms with E-state index in [2.05, 4.69) is 5.32 Å². The van der Waals surface area contributed by atoms with Gasteiger partial charge in [-0.2, -0.15) is 0 Å². The molecule has 3 aromatic carbocycles. The summed E-state index contributed by atoms with van der Waals surface area (Å²) in [5.41, 5.74) is 6.52. The Bertz CT molecular complexity index is 1280. The maximum Gasteiger partial charge on any atom is 0.252 e. The number of phenols is 1. The van der Waals surface area contributed by atoms with Gasteiger partial charge in [-0.3, -0.25) is 4.79 Å². The summed E-state index contributed by atoms with van der Waals surface area (Å²) in [6.45, 7) is 0.915. The number of nitrogens with one attached hydrogen (secondary N) is 1. The second-order valence-electron chi connectivity index (χ2n) is 7.56. The third kappa shape index (κ3) is 5.87. The molecule has 0 aromatic heterocycles. The first-order chi connectivity index (χ1) is 16.1. The maximum absolute atomic E-state index is 13.1. The Morgan fingerprint density at radius 3 is 2.44 bits per heavy atom. The minimum atomic E-state index is -3.99. The fourth-order valence-corrected chi connectivity index (χ4v) is 4.86. The van der Waals surface area contributed by atoms with Crippen molar-refractivity contribution in [1.29, 1.82) is 0 Å². The van der Waals surface area contributed by atoms with Crippen molar-refractivity contribution in [1.82, 2.24) is 5.32 Å². The van der Waals surface area contributed by atoms with Crippen LogP contribution in [0.2, 0.25) is 5.02 Å². The number of amides is 1. The van der Waals surface area contributed by atoms with Gasteiger partial charge in [-0.1, -0.05) is 35.9 Å². The van der Waals surface area contributed by atoms with E-state index in [1.165, 1.54) is 19.2 Å². The summed E-state index contributed by atoms with van der Waals surface area (Å²) in [4.78, 5) is 11.4. The number of benzene rings is 3. The number of primary amides is 1. The Kier molecular flexibility index (Phi) is 8.16. The van der Waals surface area contributed by atoms with Crippen LogP contribution in [0.25, 0.3) is 0 Å². The van der Waals surface area contributed by atoms with Crippen molar-refractivity contribution in [3.05, 3.63) is 82.4 Å². The van der Waals surface area contributed by atoms with E-state index in [1.54, 1.807) is 36.4 Å². The van der Waals surface area contributed by atoms with Gasteiger partial charge in [-0.05, 0) is 54.4 Å². The molecule has 0 heterocycles. The highest BCUT2D eigenvalue weighted by molar-refractivity contribution is 7.91. The van der Waals surface area contributed by atoms with Gasteiger partial charge in [0.05, 0.1) is 28.6 Å². The number of sulfone groups is 1. The van der Waals surface area contributed by atoms with Crippen molar-refractivity contribution >= 4 is 27.3 Å². The van der Waals surface area contributed by atoms with E-state index in [-0.39, 0.29) is 21.1 Å². The van der Waals surface area contributed by atoms with Crippen LogP contribution in [0.4, 0.5) is 0 Å². The van der Waals surface area contributed by atoms with Crippen LogP contribution >= 0.6 is 11.6 Å². The molecule has 0 unspecified atom stereocenters. The van der Waals surface area contributed by atoms with Gasteiger partial charge in [0.15, 0.2) is 11.5 Å². The van der Waals surface area contributed by atoms with Crippen molar-refractivity contribution in [3.63, 3.8) is 0 Å². The number of ether oxygens (including phenoxy) is 1. The molecule has 0 fully saturated rings. The molecule has 3 aromatic rings. The van der Waals surface area contributed by atoms with Crippen LogP contribution in [0.1, 0.15) is 27.6 Å². The molecule has 0 aliphatic carbocycles. The molecule has 34 heavy (non-hydrogen) atoms. The average molecular weight is 505 g/mol. The Morgan fingerprint density at radius 2 is 1.82 bits per heavy atom. The minimum absolute atomic E-state index is 0.0174. The molecule has 1 amide bonds. The van der Waals surface area contributed by atoms with E-state index in [0.29, 0.717) is 24.5 Å². The zero-order valence-corrected chi connectivity index (χ0v) is 19.9. The number of halogens is 1. The normalized spacial score (nSPS) is 12.3. The fourth-order valence-electron chi connectivity index (χ4n) is 3.36. The highest BCUT2D eigenvalue weighted by Crippen LogP contribution is 2.35. The summed E-state index contributed by atoms with van der Waals surface area (Å²) in [7, 11) is -2.75. The number of rotatable bonds is 10. The summed E-state index contributed by atoms with van der Waals surface area (Å²) < 4.78 is 31.1. The van der Waals surface area contributed by atoms with Crippen LogP contribution in [-0.4, -0.2) is 44.7 Å². The molecule has 0 saturated heterocycles. The molecule has 0 spiro atoms. The Morgan fingerprint density at radius 1 is 1.12 bits per heavy atom. The third-order valence-corrected chi connectivity index (χ3v) is 7.22. The highest BCUT2D eigenvalue weighted by atomic mass is 35.5. The molecule has 0 radical (unpaired) electrons. The van der Waals surface area contributed by atoms with Crippen LogP contribution < -0.4 is 15.8 Å². The van der Waals surface area contributed by atoms with Crippen LogP contribution in [0, 0.1) is 0 Å². The van der Waals surface area contributed by atoms with E-state index in [0.717, 1.165) is 23.3 Å². The molecular formula is C24H25ClN2O6S. The number of aliphatic hydroxyl groups is 1. The SMILES string of the molecule is COc1cc(S(=O)(=O)c2ccc(CCNC[C@@H](O)c3cccc(Cl)c3)cc2)cc(C(N)=O)c1O. The Balaban J connectivity index is 1.66. The zero-order chi connectivity index (χ0) is 24.9. The number of hydrogen-bond donors (Lipinski definition) is 4. The predicted octanol–water partition coefficient (Wildman–Crippen LogP) is 2.85. The fraction of sp³-hybridized carbons (Fsp3) is 0.208. The second-order valence-corrected chi connectivity index (χ2v) is 9.94. The molecule has 5 N–H and O–H groups in total. The van der Waals surface area contributed by atoms with Gasteiger partial charge in [0.2, 0.25) is 9.84 Å². The van der Waals surface area contributed by atoms with Crippen molar-refractivity contribution in [3.8, 4) is 11.5 Å². The van der Waals surface area contributed by atoms with E-state index >= 15 is 0 Å². The zero-order valence-electron chi connectivity index (χ0n) is 18.4.